The minimum atomic E-state index is 0.431. The van der Waals surface area contributed by atoms with Crippen LogP contribution in [0.15, 0.2) is 48.5 Å². The van der Waals surface area contributed by atoms with Crippen molar-refractivity contribution < 1.29 is 10.2 Å². The quantitative estimate of drug-likeness (QED) is 0.460. The zero-order valence-electron chi connectivity index (χ0n) is 15.0. The standard InChI is InChI=1S/C22H30O2S/c23-21-15-7-5-13-19(21)11-3-1-9-17-25-18-10-2-4-12-20-14-6-8-16-22(20)24/h5-8,13-16,23-24H,1-4,9-12,17-18H2. The first-order valence-corrected chi connectivity index (χ1v) is 10.5. The molecule has 0 aliphatic carbocycles. The summed E-state index contributed by atoms with van der Waals surface area (Å²) in [5.41, 5.74) is 2.14. The number of para-hydroxylation sites is 2. The van der Waals surface area contributed by atoms with E-state index in [-0.39, 0.29) is 0 Å². The number of phenols is 2. The summed E-state index contributed by atoms with van der Waals surface area (Å²) >= 11 is 2.05. The Balaban J connectivity index is 1.40. The highest BCUT2D eigenvalue weighted by Crippen LogP contribution is 2.20. The van der Waals surface area contributed by atoms with Crippen molar-refractivity contribution in [2.24, 2.45) is 0 Å². The third-order valence-corrected chi connectivity index (χ3v) is 5.61. The van der Waals surface area contributed by atoms with E-state index < -0.39 is 0 Å². The lowest BCUT2D eigenvalue weighted by Crippen LogP contribution is -1.90. The fourth-order valence-corrected chi connectivity index (χ4v) is 3.96. The number of benzene rings is 2. The third-order valence-electron chi connectivity index (χ3n) is 4.45. The molecule has 0 aromatic heterocycles. The SMILES string of the molecule is Oc1ccccc1CCCCCSCCCCCc1ccccc1O. The number of phenolic OH excluding ortho intramolecular Hbond substituents is 2. The first-order chi connectivity index (χ1) is 12.3. The van der Waals surface area contributed by atoms with E-state index in [1.807, 2.05) is 36.4 Å². The molecule has 2 nitrogen and oxygen atoms in total. The van der Waals surface area contributed by atoms with Crippen molar-refractivity contribution >= 4 is 11.8 Å². The van der Waals surface area contributed by atoms with Gasteiger partial charge in [-0.05, 0) is 73.3 Å². The summed E-state index contributed by atoms with van der Waals surface area (Å²) in [5, 5.41) is 19.4. The van der Waals surface area contributed by atoms with Crippen LogP contribution in [0.5, 0.6) is 11.5 Å². The molecule has 0 aliphatic heterocycles. The summed E-state index contributed by atoms with van der Waals surface area (Å²) in [6.45, 7) is 0. The van der Waals surface area contributed by atoms with E-state index in [2.05, 4.69) is 11.8 Å². The summed E-state index contributed by atoms with van der Waals surface area (Å²) in [6.07, 6.45) is 9.24. The second-order valence-electron chi connectivity index (χ2n) is 6.49. The molecular weight excluding hydrogens is 328 g/mol. The van der Waals surface area contributed by atoms with Gasteiger partial charge in [-0.25, -0.2) is 0 Å². The van der Waals surface area contributed by atoms with Crippen LogP contribution in [-0.2, 0) is 12.8 Å². The van der Waals surface area contributed by atoms with Gasteiger partial charge in [0.15, 0.2) is 0 Å². The maximum atomic E-state index is 9.72. The first-order valence-electron chi connectivity index (χ1n) is 9.39. The van der Waals surface area contributed by atoms with E-state index in [1.165, 1.54) is 37.2 Å². The molecule has 0 radical (unpaired) electrons. The maximum absolute atomic E-state index is 9.72. The van der Waals surface area contributed by atoms with Crippen LogP contribution in [0.4, 0.5) is 0 Å². The van der Waals surface area contributed by atoms with Crippen molar-refractivity contribution in [2.45, 2.75) is 51.4 Å². The van der Waals surface area contributed by atoms with Crippen LogP contribution < -0.4 is 0 Å². The molecule has 0 aliphatic rings. The maximum Gasteiger partial charge on any atom is 0.118 e. The fourth-order valence-electron chi connectivity index (χ4n) is 2.94. The van der Waals surface area contributed by atoms with Gasteiger partial charge in [-0.3, -0.25) is 0 Å². The van der Waals surface area contributed by atoms with Crippen molar-refractivity contribution in [3.63, 3.8) is 0 Å². The lowest BCUT2D eigenvalue weighted by atomic mass is 10.1. The van der Waals surface area contributed by atoms with E-state index in [0.29, 0.717) is 11.5 Å². The molecule has 0 bridgehead atoms. The summed E-state index contributed by atoms with van der Waals surface area (Å²) in [7, 11) is 0. The Morgan fingerprint density at radius 1 is 0.560 bits per heavy atom. The highest BCUT2D eigenvalue weighted by Gasteiger charge is 2.00. The summed E-state index contributed by atoms with van der Waals surface area (Å²) in [6, 6.07) is 15.3. The van der Waals surface area contributed by atoms with Crippen molar-refractivity contribution in [3.8, 4) is 11.5 Å². The molecule has 0 heterocycles. The molecule has 2 aromatic carbocycles. The zero-order chi connectivity index (χ0) is 17.7. The zero-order valence-corrected chi connectivity index (χ0v) is 15.8. The van der Waals surface area contributed by atoms with E-state index in [0.717, 1.165) is 36.8 Å². The Bertz CT molecular complexity index is 559. The average molecular weight is 359 g/mol. The van der Waals surface area contributed by atoms with E-state index in [9.17, 15) is 10.2 Å². The molecule has 0 saturated carbocycles. The Morgan fingerprint density at radius 2 is 1.00 bits per heavy atom. The third kappa shape index (κ3) is 7.87. The topological polar surface area (TPSA) is 40.5 Å². The predicted octanol–water partition coefficient (Wildman–Crippen LogP) is 5.96. The molecule has 25 heavy (non-hydrogen) atoms. The summed E-state index contributed by atoms with van der Waals surface area (Å²) in [5.74, 6) is 3.34. The Labute approximate surface area is 156 Å². The minimum absolute atomic E-state index is 0.431. The predicted molar refractivity (Wildman–Crippen MR) is 109 cm³/mol. The van der Waals surface area contributed by atoms with Crippen molar-refractivity contribution in [1.29, 1.82) is 0 Å². The van der Waals surface area contributed by atoms with Gasteiger partial charge in [-0.15, -0.1) is 0 Å². The number of thioether (sulfide) groups is 1. The van der Waals surface area contributed by atoms with Gasteiger partial charge in [-0.2, -0.15) is 11.8 Å². The lowest BCUT2D eigenvalue weighted by Gasteiger charge is -2.05. The fraction of sp³-hybridized carbons (Fsp3) is 0.455. The molecule has 2 rings (SSSR count). The monoisotopic (exact) mass is 358 g/mol. The molecule has 2 aromatic rings. The number of unbranched alkanes of at least 4 members (excludes halogenated alkanes) is 4. The normalized spacial score (nSPS) is 10.9. The molecule has 0 atom stereocenters. The molecule has 3 heteroatoms. The molecule has 0 spiro atoms. The highest BCUT2D eigenvalue weighted by atomic mass is 32.2. The largest absolute Gasteiger partial charge is 0.508 e. The Morgan fingerprint density at radius 3 is 1.44 bits per heavy atom. The minimum Gasteiger partial charge on any atom is -0.508 e. The molecule has 0 unspecified atom stereocenters. The number of aryl methyl sites for hydroxylation is 2. The van der Waals surface area contributed by atoms with Gasteiger partial charge < -0.3 is 10.2 Å². The van der Waals surface area contributed by atoms with Gasteiger partial charge >= 0.3 is 0 Å². The van der Waals surface area contributed by atoms with Gasteiger partial charge in [0.25, 0.3) is 0 Å². The molecule has 2 N–H and O–H groups in total. The second-order valence-corrected chi connectivity index (χ2v) is 7.72. The molecule has 136 valence electrons. The van der Waals surface area contributed by atoms with Gasteiger partial charge in [0.2, 0.25) is 0 Å². The lowest BCUT2D eigenvalue weighted by molar-refractivity contribution is 0.466. The van der Waals surface area contributed by atoms with E-state index >= 15 is 0 Å². The van der Waals surface area contributed by atoms with Crippen LogP contribution in [0.1, 0.15) is 49.7 Å². The van der Waals surface area contributed by atoms with Crippen LogP contribution in [0.2, 0.25) is 0 Å². The smallest absolute Gasteiger partial charge is 0.118 e. The van der Waals surface area contributed by atoms with Gasteiger partial charge in [0, 0.05) is 0 Å². The molecular formula is C22H30O2S. The Hall–Kier alpha value is -1.61. The summed E-state index contributed by atoms with van der Waals surface area (Å²) < 4.78 is 0. The highest BCUT2D eigenvalue weighted by molar-refractivity contribution is 7.99. The molecule has 0 saturated heterocycles. The van der Waals surface area contributed by atoms with Crippen LogP contribution in [0, 0.1) is 0 Å². The van der Waals surface area contributed by atoms with Crippen LogP contribution in [0.25, 0.3) is 0 Å². The van der Waals surface area contributed by atoms with Gasteiger partial charge in [0.1, 0.15) is 11.5 Å². The van der Waals surface area contributed by atoms with E-state index in [1.54, 1.807) is 12.1 Å². The second kappa shape index (κ2) is 11.9. The molecule has 0 fully saturated rings. The van der Waals surface area contributed by atoms with Crippen molar-refractivity contribution in [1.82, 2.24) is 0 Å². The van der Waals surface area contributed by atoms with Crippen LogP contribution >= 0.6 is 11.8 Å². The number of rotatable bonds is 12. The first kappa shape index (κ1) is 19.7. The summed E-state index contributed by atoms with van der Waals surface area (Å²) in [4.78, 5) is 0. The number of aromatic hydroxyl groups is 2. The van der Waals surface area contributed by atoms with Crippen LogP contribution in [-0.4, -0.2) is 21.7 Å². The van der Waals surface area contributed by atoms with Crippen LogP contribution in [0.3, 0.4) is 0 Å². The number of hydrogen-bond acceptors (Lipinski definition) is 3. The average Bonchev–Trinajstić information content (AvgIpc) is 2.62. The number of hydrogen-bond donors (Lipinski definition) is 2. The molecule has 0 amide bonds. The van der Waals surface area contributed by atoms with Gasteiger partial charge in [0.05, 0.1) is 0 Å². The van der Waals surface area contributed by atoms with Crippen molar-refractivity contribution in [3.05, 3.63) is 59.7 Å². The Kier molecular flexibility index (Phi) is 9.35. The van der Waals surface area contributed by atoms with E-state index in [4.69, 9.17) is 0 Å². The van der Waals surface area contributed by atoms with Gasteiger partial charge in [-0.1, -0.05) is 49.2 Å². The van der Waals surface area contributed by atoms with Crippen molar-refractivity contribution in [2.75, 3.05) is 11.5 Å².